The molecule has 0 bridgehead atoms. The van der Waals surface area contributed by atoms with Gasteiger partial charge in [0.2, 0.25) is 0 Å². The summed E-state index contributed by atoms with van der Waals surface area (Å²) in [5, 5.41) is 10.6. The number of aryl methyl sites for hydroxylation is 1. The monoisotopic (exact) mass is 251 g/mol. The average molecular weight is 251 g/mol. The highest BCUT2D eigenvalue weighted by atomic mass is 16.6. The first kappa shape index (κ1) is 14.2. The van der Waals surface area contributed by atoms with E-state index in [1.54, 1.807) is 13.0 Å². The van der Waals surface area contributed by atoms with Gasteiger partial charge in [0.1, 0.15) is 11.5 Å². The maximum Gasteiger partial charge on any atom is 0.273 e. The van der Waals surface area contributed by atoms with Gasteiger partial charge in [-0.25, -0.2) is 0 Å². The number of nitro benzene ring substituents is 1. The highest BCUT2D eigenvalue weighted by Crippen LogP contribution is 2.24. The van der Waals surface area contributed by atoms with E-state index in [-0.39, 0.29) is 11.5 Å². The molecule has 0 heterocycles. The molecule has 1 aromatic carbocycles. The molecule has 1 rings (SSSR count). The lowest BCUT2D eigenvalue weighted by Crippen LogP contribution is -2.01. The van der Waals surface area contributed by atoms with Gasteiger partial charge in [-0.15, -0.1) is 0 Å². The van der Waals surface area contributed by atoms with Crippen LogP contribution in [-0.2, 0) is 4.79 Å². The number of carbonyl (C=O) groups is 1. The van der Waals surface area contributed by atoms with Crippen molar-refractivity contribution in [3.8, 4) is 5.75 Å². The lowest BCUT2D eigenvalue weighted by Gasteiger charge is -2.08. The SMILES string of the molecule is CC(=O)CCCCOc1cc([N+](=O)[O-])ccc1C. The summed E-state index contributed by atoms with van der Waals surface area (Å²) >= 11 is 0. The van der Waals surface area contributed by atoms with E-state index in [1.807, 2.05) is 6.92 Å². The number of hydrogen-bond donors (Lipinski definition) is 0. The molecule has 0 atom stereocenters. The highest BCUT2D eigenvalue weighted by molar-refractivity contribution is 5.75. The average Bonchev–Trinajstić information content (AvgIpc) is 2.30. The number of rotatable bonds is 7. The Bertz CT molecular complexity index is 443. The van der Waals surface area contributed by atoms with Crippen LogP contribution in [0.4, 0.5) is 5.69 Å². The van der Waals surface area contributed by atoms with Crippen molar-refractivity contribution in [3.63, 3.8) is 0 Å². The number of benzene rings is 1. The third-order valence-electron chi connectivity index (χ3n) is 2.56. The Hall–Kier alpha value is -1.91. The van der Waals surface area contributed by atoms with Gasteiger partial charge in [-0.1, -0.05) is 0 Å². The topological polar surface area (TPSA) is 69.4 Å². The first-order chi connectivity index (χ1) is 8.50. The van der Waals surface area contributed by atoms with Gasteiger partial charge in [0.25, 0.3) is 5.69 Å². The number of nitro groups is 1. The van der Waals surface area contributed by atoms with E-state index in [0.29, 0.717) is 18.8 Å². The largest absolute Gasteiger partial charge is 0.493 e. The van der Waals surface area contributed by atoms with Crippen LogP contribution in [0.25, 0.3) is 0 Å². The number of ether oxygens (including phenoxy) is 1. The molecular weight excluding hydrogens is 234 g/mol. The van der Waals surface area contributed by atoms with Crippen molar-refractivity contribution in [1.82, 2.24) is 0 Å². The normalized spacial score (nSPS) is 10.1. The number of unbranched alkanes of at least 4 members (excludes halogenated alkanes) is 1. The number of non-ortho nitro benzene ring substituents is 1. The number of carbonyl (C=O) groups excluding carboxylic acids is 1. The lowest BCUT2D eigenvalue weighted by molar-refractivity contribution is -0.384. The zero-order valence-electron chi connectivity index (χ0n) is 10.6. The molecule has 0 aliphatic rings. The van der Waals surface area contributed by atoms with Crippen molar-refractivity contribution in [2.75, 3.05) is 6.61 Å². The summed E-state index contributed by atoms with van der Waals surface area (Å²) < 4.78 is 5.49. The van der Waals surface area contributed by atoms with Crippen molar-refractivity contribution in [2.45, 2.75) is 33.1 Å². The van der Waals surface area contributed by atoms with Gasteiger partial charge in [0, 0.05) is 12.5 Å². The molecule has 0 aromatic heterocycles. The first-order valence-electron chi connectivity index (χ1n) is 5.88. The Morgan fingerprint density at radius 3 is 2.72 bits per heavy atom. The van der Waals surface area contributed by atoms with Crippen LogP contribution in [0.1, 0.15) is 31.7 Å². The smallest absolute Gasteiger partial charge is 0.273 e. The third kappa shape index (κ3) is 4.53. The fourth-order valence-electron chi connectivity index (χ4n) is 1.52. The van der Waals surface area contributed by atoms with Crippen LogP contribution < -0.4 is 4.74 Å². The molecule has 5 heteroatoms. The number of ketones is 1. The lowest BCUT2D eigenvalue weighted by atomic mass is 10.2. The first-order valence-corrected chi connectivity index (χ1v) is 5.88. The van der Waals surface area contributed by atoms with Gasteiger partial charge in [-0.2, -0.15) is 0 Å². The molecule has 98 valence electrons. The maximum absolute atomic E-state index is 10.7. The van der Waals surface area contributed by atoms with Crippen LogP contribution in [-0.4, -0.2) is 17.3 Å². The summed E-state index contributed by atoms with van der Waals surface area (Å²) in [6, 6.07) is 4.56. The summed E-state index contributed by atoms with van der Waals surface area (Å²) in [7, 11) is 0. The van der Waals surface area contributed by atoms with Crippen LogP contribution in [0.5, 0.6) is 5.75 Å². The highest BCUT2D eigenvalue weighted by Gasteiger charge is 2.09. The fraction of sp³-hybridized carbons (Fsp3) is 0.462. The Labute approximate surface area is 106 Å². The molecule has 0 radical (unpaired) electrons. The van der Waals surface area contributed by atoms with E-state index < -0.39 is 4.92 Å². The van der Waals surface area contributed by atoms with Crippen molar-refractivity contribution in [3.05, 3.63) is 33.9 Å². The van der Waals surface area contributed by atoms with Gasteiger partial charge in [-0.05, 0) is 38.3 Å². The van der Waals surface area contributed by atoms with Crippen LogP contribution in [0, 0.1) is 17.0 Å². The summed E-state index contributed by atoms with van der Waals surface area (Å²) in [5.41, 5.74) is 0.895. The molecule has 0 aliphatic heterocycles. The Balaban J connectivity index is 2.48. The molecule has 0 spiro atoms. The van der Waals surface area contributed by atoms with Gasteiger partial charge in [0.05, 0.1) is 17.6 Å². The zero-order chi connectivity index (χ0) is 13.5. The van der Waals surface area contributed by atoms with Crippen molar-refractivity contribution < 1.29 is 14.5 Å². The van der Waals surface area contributed by atoms with Crippen LogP contribution in [0.2, 0.25) is 0 Å². The third-order valence-corrected chi connectivity index (χ3v) is 2.56. The van der Waals surface area contributed by atoms with Crippen molar-refractivity contribution >= 4 is 11.5 Å². The van der Waals surface area contributed by atoms with Crippen LogP contribution >= 0.6 is 0 Å². The second kappa shape index (κ2) is 6.74. The second-order valence-corrected chi connectivity index (χ2v) is 4.21. The molecule has 0 saturated carbocycles. The Morgan fingerprint density at radius 2 is 2.11 bits per heavy atom. The summed E-state index contributed by atoms with van der Waals surface area (Å²) in [5.74, 6) is 0.702. The van der Waals surface area contributed by atoms with Crippen LogP contribution in [0.15, 0.2) is 18.2 Å². The fourth-order valence-corrected chi connectivity index (χ4v) is 1.52. The maximum atomic E-state index is 10.7. The molecule has 0 fully saturated rings. The number of Topliss-reactive ketones (excluding diaryl/α,β-unsaturated/α-hetero) is 1. The predicted molar refractivity (Wildman–Crippen MR) is 67.9 cm³/mol. The van der Waals surface area contributed by atoms with E-state index in [2.05, 4.69) is 0 Å². The minimum atomic E-state index is -0.442. The predicted octanol–water partition coefficient (Wildman–Crippen LogP) is 3.04. The Kier molecular flexibility index (Phi) is 5.30. The quantitative estimate of drug-likeness (QED) is 0.424. The van der Waals surface area contributed by atoms with Gasteiger partial charge < -0.3 is 9.53 Å². The van der Waals surface area contributed by atoms with E-state index in [0.717, 1.165) is 18.4 Å². The molecule has 0 N–H and O–H groups in total. The number of hydrogen-bond acceptors (Lipinski definition) is 4. The molecule has 18 heavy (non-hydrogen) atoms. The molecule has 0 amide bonds. The van der Waals surface area contributed by atoms with Crippen LogP contribution in [0.3, 0.4) is 0 Å². The molecule has 5 nitrogen and oxygen atoms in total. The van der Waals surface area contributed by atoms with E-state index in [4.69, 9.17) is 4.74 Å². The molecular formula is C13H17NO4. The minimum absolute atomic E-state index is 0.0272. The molecule has 0 unspecified atom stereocenters. The van der Waals surface area contributed by atoms with E-state index in [1.165, 1.54) is 12.1 Å². The standard InChI is InChI=1S/C13H17NO4/c1-10-6-7-12(14(16)17)9-13(10)18-8-4-3-5-11(2)15/h6-7,9H,3-5,8H2,1-2H3. The summed E-state index contributed by atoms with van der Waals surface area (Å²) in [6.07, 6.45) is 2.10. The van der Waals surface area contributed by atoms with Crippen molar-refractivity contribution in [2.24, 2.45) is 0 Å². The molecule has 0 aliphatic carbocycles. The second-order valence-electron chi connectivity index (χ2n) is 4.21. The summed E-state index contributed by atoms with van der Waals surface area (Å²) in [6.45, 7) is 3.87. The van der Waals surface area contributed by atoms with Gasteiger partial charge in [0.15, 0.2) is 0 Å². The summed E-state index contributed by atoms with van der Waals surface area (Å²) in [4.78, 5) is 20.9. The number of nitrogens with zero attached hydrogens (tertiary/aromatic N) is 1. The molecule has 1 aromatic rings. The van der Waals surface area contributed by atoms with E-state index in [9.17, 15) is 14.9 Å². The minimum Gasteiger partial charge on any atom is -0.493 e. The van der Waals surface area contributed by atoms with Gasteiger partial charge >= 0.3 is 0 Å². The van der Waals surface area contributed by atoms with Crippen molar-refractivity contribution in [1.29, 1.82) is 0 Å². The molecule has 0 saturated heterocycles. The zero-order valence-corrected chi connectivity index (χ0v) is 10.6. The Morgan fingerprint density at radius 1 is 1.39 bits per heavy atom. The van der Waals surface area contributed by atoms with E-state index >= 15 is 0 Å². The van der Waals surface area contributed by atoms with Gasteiger partial charge in [-0.3, -0.25) is 10.1 Å².